The van der Waals surface area contributed by atoms with Gasteiger partial charge in [-0.05, 0) is 70.8 Å². The molecule has 0 fully saturated rings. The number of nitrogens with zero attached hydrogens (tertiary/aromatic N) is 1. The minimum Gasteiger partial charge on any atom is -0.309 e. The first kappa shape index (κ1) is 22.1. The number of para-hydroxylation sites is 1. The molecule has 0 saturated heterocycles. The molecule has 0 saturated carbocycles. The lowest BCUT2D eigenvalue weighted by atomic mass is 9.88. The van der Waals surface area contributed by atoms with Crippen molar-refractivity contribution in [3.63, 3.8) is 0 Å². The zero-order valence-electron chi connectivity index (χ0n) is 22.1. The van der Waals surface area contributed by atoms with Gasteiger partial charge in [0, 0.05) is 27.2 Å². The fourth-order valence-corrected chi connectivity index (χ4v) is 6.46. The topological polar surface area (TPSA) is 4.93 Å². The van der Waals surface area contributed by atoms with E-state index in [1.54, 1.807) is 0 Å². The summed E-state index contributed by atoms with van der Waals surface area (Å²) in [5.41, 5.74) is 8.79. The summed E-state index contributed by atoms with van der Waals surface area (Å²) in [4.78, 5) is 0. The maximum Gasteiger partial charge on any atom is 0.0626 e. The lowest BCUT2D eigenvalue weighted by Crippen LogP contribution is -1.95. The van der Waals surface area contributed by atoms with Crippen LogP contribution in [0.3, 0.4) is 0 Å². The van der Waals surface area contributed by atoms with Crippen LogP contribution in [0.25, 0.3) is 70.9 Å². The van der Waals surface area contributed by atoms with E-state index < -0.39 is 0 Å². The molecule has 0 bridgehead atoms. The van der Waals surface area contributed by atoms with Crippen LogP contribution in [0.15, 0.2) is 127 Å². The SMILES string of the molecule is Cc1ccc(-c2cc3c4ccccc4c4c(c5ccccc5n4-c4ccc(C)cc4)c3c3ccccc23)cc1. The summed E-state index contributed by atoms with van der Waals surface area (Å²) in [7, 11) is 0. The second-order valence-corrected chi connectivity index (χ2v) is 10.7. The van der Waals surface area contributed by atoms with Gasteiger partial charge < -0.3 is 4.57 Å². The number of fused-ring (bicyclic) bond motifs is 10. The van der Waals surface area contributed by atoms with E-state index in [2.05, 4.69) is 146 Å². The fourth-order valence-electron chi connectivity index (χ4n) is 6.46. The molecule has 7 aromatic carbocycles. The molecule has 184 valence electrons. The molecule has 0 atom stereocenters. The van der Waals surface area contributed by atoms with Crippen molar-refractivity contribution in [1.82, 2.24) is 4.57 Å². The molecule has 1 heteroatoms. The third-order valence-corrected chi connectivity index (χ3v) is 8.30. The Kier molecular flexibility index (Phi) is 4.72. The zero-order chi connectivity index (χ0) is 26.1. The maximum absolute atomic E-state index is 2.47. The van der Waals surface area contributed by atoms with Crippen LogP contribution in [-0.2, 0) is 0 Å². The van der Waals surface area contributed by atoms with E-state index in [4.69, 9.17) is 0 Å². The normalized spacial score (nSPS) is 11.8. The van der Waals surface area contributed by atoms with Crippen molar-refractivity contribution in [2.45, 2.75) is 13.8 Å². The minimum atomic E-state index is 1.19. The van der Waals surface area contributed by atoms with Gasteiger partial charge in [-0.1, -0.05) is 114 Å². The van der Waals surface area contributed by atoms with Crippen molar-refractivity contribution in [2.24, 2.45) is 0 Å². The number of aromatic nitrogens is 1. The monoisotopic (exact) mass is 497 g/mol. The predicted molar refractivity (Wildman–Crippen MR) is 168 cm³/mol. The predicted octanol–water partition coefficient (Wildman–Crippen LogP) is 10.5. The van der Waals surface area contributed by atoms with E-state index in [-0.39, 0.29) is 0 Å². The van der Waals surface area contributed by atoms with Crippen LogP contribution in [0.1, 0.15) is 11.1 Å². The van der Waals surface area contributed by atoms with Gasteiger partial charge in [0.2, 0.25) is 0 Å². The Morgan fingerprint density at radius 3 is 1.72 bits per heavy atom. The molecule has 0 N–H and O–H groups in total. The average molecular weight is 498 g/mol. The van der Waals surface area contributed by atoms with E-state index in [0.717, 1.165) is 0 Å². The summed E-state index contributed by atoms with van der Waals surface area (Å²) in [6.45, 7) is 4.30. The molecule has 0 spiro atoms. The lowest BCUT2D eigenvalue weighted by molar-refractivity contribution is 1.18. The number of rotatable bonds is 2. The smallest absolute Gasteiger partial charge is 0.0626 e. The van der Waals surface area contributed by atoms with Crippen molar-refractivity contribution < 1.29 is 0 Å². The number of hydrogen-bond donors (Lipinski definition) is 0. The van der Waals surface area contributed by atoms with Crippen LogP contribution in [0, 0.1) is 13.8 Å². The van der Waals surface area contributed by atoms with Gasteiger partial charge in [-0.3, -0.25) is 0 Å². The highest BCUT2D eigenvalue weighted by Gasteiger charge is 2.21. The van der Waals surface area contributed by atoms with E-state index in [1.165, 1.54) is 82.1 Å². The van der Waals surface area contributed by atoms with E-state index >= 15 is 0 Å². The van der Waals surface area contributed by atoms with Gasteiger partial charge in [-0.15, -0.1) is 0 Å². The van der Waals surface area contributed by atoms with Crippen molar-refractivity contribution in [2.75, 3.05) is 0 Å². The molecule has 8 aromatic rings. The van der Waals surface area contributed by atoms with Crippen molar-refractivity contribution in [1.29, 1.82) is 0 Å². The van der Waals surface area contributed by atoms with Gasteiger partial charge in [-0.25, -0.2) is 0 Å². The van der Waals surface area contributed by atoms with Crippen LogP contribution >= 0.6 is 0 Å². The van der Waals surface area contributed by atoms with Crippen molar-refractivity contribution >= 4 is 54.1 Å². The van der Waals surface area contributed by atoms with Crippen LogP contribution in [-0.4, -0.2) is 4.57 Å². The Bertz CT molecular complexity index is 2210. The van der Waals surface area contributed by atoms with Gasteiger partial charge >= 0.3 is 0 Å². The standard InChI is InChI=1S/C38H27N/c1-24-15-19-26(20-16-24)33-23-34-29-10-4-6-12-31(29)38-37(36(34)30-11-5-3-9-28(30)33)32-13-7-8-14-35(32)39(38)27-21-17-25(2)18-22-27/h3-23H,1-2H3. The highest BCUT2D eigenvalue weighted by Crippen LogP contribution is 2.46. The molecule has 0 unspecified atom stereocenters. The van der Waals surface area contributed by atoms with Gasteiger partial charge in [0.1, 0.15) is 0 Å². The highest BCUT2D eigenvalue weighted by atomic mass is 15.0. The summed E-state index contributed by atoms with van der Waals surface area (Å²) in [5.74, 6) is 0. The van der Waals surface area contributed by atoms with E-state index in [1.807, 2.05) is 0 Å². The molecular weight excluding hydrogens is 470 g/mol. The molecule has 39 heavy (non-hydrogen) atoms. The summed E-state index contributed by atoms with van der Waals surface area (Å²) >= 11 is 0. The third-order valence-electron chi connectivity index (χ3n) is 8.30. The molecule has 0 aliphatic heterocycles. The zero-order valence-corrected chi connectivity index (χ0v) is 22.1. The Morgan fingerprint density at radius 2 is 1.00 bits per heavy atom. The second kappa shape index (κ2) is 8.31. The van der Waals surface area contributed by atoms with E-state index in [0.29, 0.717) is 0 Å². The Labute approximate surface area is 227 Å². The number of hydrogen-bond acceptors (Lipinski definition) is 0. The summed E-state index contributed by atoms with van der Waals surface area (Å²) < 4.78 is 2.47. The Morgan fingerprint density at radius 1 is 0.436 bits per heavy atom. The van der Waals surface area contributed by atoms with Crippen molar-refractivity contribution in [3.8, 4) is 16.8 Å². The lowest BCUT2D eigenvalue weighted by Gasteiger charge is -2.16. The van der Waals surface area contributed by atoms with Crippen LogP contribution in [0.5, 0.6) is 0 Å². The molecule has 1 nitrogen and oxygen atoms in total. The van der Waals surface area contributed by atoms with Gasteiger partial charge in [0.05, 0.1) is 11.0 Å². The minimum absolute atomic E-state index is 1.19. The Balaban J connectivity index is 1.67. The molecule has 0 aliphatic rings. The molecule has 0 amide bonds. The second-order valence-electron chi connectivity index (χ2n) is 10.7. The van der Waals surface area contributed by atoms with Crippen LogP contribution < -0.4 is 0 Å². The summed E-state index contributed by atoms with van der Waals surface area (Å²) in [6, 6.07) is 47.0. The molecular formula is C38H27N. The molecule has 1 aromatic heterocycles. The van der Waals surface area contributed by atoms with Gasteiger partial charge in [0.15, 0.2) is 0 Å². The number of benzene rings is 7. The average Bonchev–Trinajstić information content (AvgIpc) is 3.33. The first-order valence-electron chi connectivity index (χ1n) is 13.6. The first-order chi connectivity index (χ1) is 19.2. The third kappa shape index (κ3) is 3.20. The molecule has 0 aliphatic carbocycles. The maximum atomic E-state index is 2.47. The van der Waals surface area contributed by atoms with Gasteiger partial charge in [0.25, 0.3) is 0 Å². The molecule has 0 radical (unpaired) electrons. The van der Waals surface area contributed by atoms with Crippen molar-refractivity contribution in [3.05, 3.63) is 139 Å². The summed E-state index contributed by atoms with van der Waals surface area (Å²) in [6.07, 6.45) is 0. The number of aryl methyl sites for hydroxylation is 2. The fraction of sp³-hybridized carbons (Fsp3) is 0.0526. The molecule has 8 rings (SSSR count). The highest BCUT2D eigenvalue weighted by molar-refractivity contribution is 6.37. The van der Waals surface area contributed by atoms with E-state index in [9.17, 15) is 0 Å². The molecule has 1 heterocycles. The summed E-state index contributed by atoms with van der Waals surface area (Å²) in [5, 5.41) is 10.4. The first-order valence-corrected chi connectivity index (χ1v) is 13.6. The Hall–Kier alpha value is -4.88. The van der Waals surface area contributed by atoms with Crippen LogP contribution in [0.2, 0.25) is 0 Å². The van der Waals surface area contributed by atoms with Crippen LogP contribution in [0.4, 0.5) is 0 Å². The van der Waals surface area contributed by atoms with Gasteiger partial charge in [-0.2, -0.15) is 0 Å². The quantitative estimate of drug-likeness (QED) is 0.209. The largest absolute Gasteiger partial charge is 0.309 e.